The zero-order valence-electron chi connectivity index (χ0n) is 17.8. The molecule has 1 aromatic carbocycles. The Bertz CT molecular complexity index is 644. The van der Waals surface area contributed by atoms with Crippen LogP contribution in [-0.2, 0) is 6.54 Å². The van der Waals surface area contributed by atoms with E-state index in [4.69, 9.17) is 4.99 Å². The summed E-state index contributed by atoms with van der Waals surface area (Å²) >= 11 is 2.02. The summed E-state index contributed by atoms with van der Waals surface area (Å²) in [7, 11) is 0. The summed E-state index contributed by atoms with van der Waals surface area (Å²) in [5.74, 6) is 2.20. The van der Waals surface area contributed by atoms with Crippen LogP contribution >= 0.6 is 35.7 Å². The number of aliphatic imine (C=N–C) groups is 1. The Labute approximate surface area is 191 Å². The first-order chi connectivity index (χ1) is 12.9. The minimum Gasteiger partial charge on any atom is -0.357 e. The minimum atomic E-state index is 0. The van der Waals surface area contributed by atoms with Crippen molar-refractivity contribution >= 4 is 47.6 Å². The van der Waals surface area contributed by atoms with Gasteiger partial charge in [-0.1, -0.05) is 12.1 Å². The highest BCUT2D eigenvalue weighted by Gasteiger charge is 2.28. The number of halogens is 1. The molecule has 0 bridgehead atoms. The molecule has 1 aromatic rings. The fraction of sp³-hybridized carbons (Fsp3) is 0.619. The molecule has 0 saturated carbocycles. The van der Waals surface area contributed by atoms with Gasteiger partial charge >= 0.3 is 0 Å². The first-order valence-electron chi connectivity index (χ1n) is 9.95. The van der Waals surface area contributed by atoms with E-state index in [1.165, 1.54) is 0 Å². The lowest BCUT2D eigenvalue weighted by Crippen LogP contribution is -2.50. The molecule has 158 valence electrons. The van der Waals surface area contributed by atoms with Crippen molar-refractivity contribution in [2.24, 2.45) is 4.99 Å². The highest BCUT2D eigenvalue weighted by atomic mass is 127. The standard InChI is InChI=1S/C21H34N4OS.HI/c1-6-22-20(25-13-14-27-21(4,5)16-25)23-15-17-9-11-18(12-10-17)19(26)24(7-2)8-3;/h9-12H,6-8,13-16H2,1-5H3,(H,22,23);1H. The van der Waals surface area contributed by atoms with Gasteiger partial charge in [0.15, 0.2) is 5.96 Å². The van der Waals surface area contributed by atoms with Crippen LogP contribution in [0.4, 0.5) is 0 Å². The van der Waals surface area contributed by atoms with Crippen LogP contribution in [0.15, 0.2) is 29.3 Å². The van der Waals surface area contributed by atoms with Crippen molar-refractivity contribution in [3.8, 4) is 0 Å². The van der Waals surface area contributed by atoms with Gasteiger partial charge < -0.3 is 15.1 Å². The number of hydrogen-bond acceptors (Lipinski definition) is 3. The van der Waals surface area contributed by atoms with E-state index in [-0.39, 0.29) is 34.6 Å². The van der Waals surface area contributed by atoms with Gasteiger partial charge in [-0.15, -0.1) is 24.0 Å². The molecule has 7 heteroatoms. The summed E-state index contributed by atoms with van der Waals surface area (Å²) in [5, 5.41) is 3.43. The molecular weight excluding hydrogens is 483 g/mol. The van der Waals surface area contributed by atoms with Crippen molar-refractivity contribution < 1.29 is 4.79 Å². The zero-order chi connectivity index (χ0) is 19.9. The maximum absolute atomic E-state index is 12.4. The minimum absolute atomic E-state index is 0. The monoisotopic (exact) mass is 518 g/mol. The third-order valence-corrected chi connectivity index (χ3v) is 6.02. The van der Waals surface area contributed by atoms with Crippen LogP contribution in [0.3, 0.4) is 0 Å². The average Bonchev–Trinajstić information content (AvgIpc) is 2.65. The maximum atomic E-state index is 12.4. The highest BCUT2D eigenvalue weighted by molar-refractivity contribution is 14.0. The van der Waals surface area contributed by atoms with Gasteiger partial charge in [-0.25, -0.2) is 4.99 Å². The molecule has 1 aliphatic rings. The van der Waals surface area contributed by atoms with Gasteiger partial charge in [0, 0.05) is 48.8 Å². The molecule has 0 atom stereocenters. The number of benzene rings is 1. The predicted octanol–water partition coefficient (Wildman–Crippen LogP) is 4.08. The quantitative estimate of drug-likeness (QED) is 0.351. The Morgan fingerprint density at radius 2 is 1.86 bits per heavy atom. The molecule has 5 nitrogen and oxygen atoms in total. The predicted molar refractivity (Wildman–Crippen MR) is 132 cm³/mol. The second-order valence-corrected chi connectivity index (χ2v) is 9.18. The van der Waals surface area contributed by atoms with Crippen LogP contribution < -0.4 is 5.32 Å². The van der Waals surface area contributed by atoms with Crippen LogP contribution in [0.2, 0.25) is 0 Å². The molecule has 1 amide bonds. The lowest BCUT2D eigenvalue weighted by Gasteiger charge is -2.39. The number of thioether (sulfide) groups is 1. The van der Waals surface area contributed by atoms with Gasteiger partial charge in [-0.05, 0) is 52.3 Å². The van der Waals surface area contributed by atoms with E-state index >= 15 is 0 Å². The van der Waals surface area contributed by atoms with Gasteiger partial charge in [-0.3, -0.25) is 4.79 Å². The number of hydrogen-bond donors (Lipinski definition) is 1. The molecule has 28 heavy (non-hydrogen) atoms. The van der Waals surface area contributed by atoms with Crippen LogP contribution in [-0.4, -0.2) is 64.9 Å². The van der Waals surface area contributed by atoms with Crippen molar-refractivity contribution in [3.63, 3.8) is 0 Å². The van der Waals surface area contributed by atoms with Crippen LogP contribution in [0, 0.1) is 0 Å². The number of nitrogens with one attached hydrogen (secondary N) is 1. The maximum Gasteiger partial charge on any atom is 0.253 e. The molecular formula is C21H35IN4OS. The SMILES string of the molecule is CCNC(=NCc1ccc(C(=O)N(CC)CC)cc1)N1CCSC(C)(C)C1.I. The van der Waals surface area contributed by atoms with Crippen LogP contribution in [0.5, 0.6) is 0 Å². The molecule has 1 saturated heterocycles. The smallest absolute Gasteiger partial charge is 0.253 e. The van der Waals surface area contributed by atoms with E-state index in [1.54, 1.807) is 0 Å². The average molecular weight is 519 g/mol. The van der Waals surface area contributed by atoms with Gasteiger partial charge in [0.1, 0.15) is 0 Å². The zero-order valence-corrected chi connectivity index (χ0v) is 21.0. The fourth-order valence-corrected chi connectivity index (χ4v) is 4.35. The third-order valence-electron chi connectivity index (χ3n) is 4.72. The number of nitrogens with zero attached hydrogens (tertiary/aromatic N) is 3. The summed E-state index contributed by atoms with van der Waals surface area (Å²) in [6.07, 6.45) is 0. The van der Waals surface area contributed by atoms with Crippen molar-refractivity contribution in [3.05, 3.63) is 35.4 Å². The van der Waals surface area contributed by atoms with E-state index in [0.29, 0.717) is 6.54 Å². The first kappa shape index (κ1) is 25.1. The largest absolute Gasteiger partial charge is 0.357 e. The molecule has 0 unspecified atom stereocenters. The summed E-state index contributed by atoms with van der Waals surface area (Å²) in [6.45, 7) is 15.7. The second-order valence-electron chi connectivity index (χ2n) is 7.37. The van der Waals surface area contributed by atoms with Gasteiger partial charge in [0.2, 0.25) is 0 Å². The molecule has 0 radical (unpaired) electrons. The lowest BCUT2D eigenvalue weighted by atomic mass is 10.1. The molecule has 1 N–H and O–H groups in total. The van der Waals surface area contributed by atoms with Crippen molar-refractivity contribution in [1.29, 1.82) is 0 Å². The molecule has 2 rings (SSSR count). The third kappa shape index (κ3) is 7.13. The molecule has 0 aromatic heterocycles. The summed E-state index contributed by atoms with van der Waals surface area (Å²) in [4.78, 5) is 21.5. The number of carbonyl (C=O) groups is 1. The lowest BCUT2D eigenvalue weighted by molar-refractivity contribution is 0.0773. The topological polar surface area (TPSA) is 47.9 Å². The second kappa shape index (κ2) is 11.9. The number of guanidine groups is 1. The number of amides is 1. The van der Waals surface area contributed by atoms with Gasteiger partial charge in [0.05, 0.1) is 6.54 Å². The Morgan fingerprint density at radius 3 is 2.39 bits per heavy atom. The van der Waals surface area contributed by atoms with Crippen LogP contribution in [0.25, 0.3) is 0 Å². The van der Waals surface area contributed by atoms with Gasteiger partial charge in [-0.2, -0.15) is 11.8 Å². The normalized spacial score (nSPS) is 16.3. The Kier molecular flexibility index (Phi) is 10.7. The molecule has 1 heterocycles. The molecule has 1 aliphatic heterocycles. The molecule has 1 fully saturated rings. The van der Waals surface area contributed by atoms with Gasteiger partial charge in [0.25, 0.3) is 5.91 Å². The molecule has 0 spiro atoms. The van der Waals surface area contributed by atoms with Crippen molar-refractivity contribution in [1.82, 2.24) is 15.1 Å². The van der Waals surface area contributed by atoms with Crippen molar-refractivity contribution in [2.45, 2.75) is 45.9 Å². The number of rotatable bonds is 6. The highest BCUT2D eigenvalue weighted by Crippen LogP contribution is 2.29. The number of carbonyl (C=O) groups excluding carboxylic acids is 1. The van der Waals surface area contributed by atoms with Crippen molar-refractivity contribution in [2.75, 3.05) is 38.5 Å². The Balaban J connectivity index is 0.00000392. The Morgan fingerprint density at radius 1 is 1.21 bits per heavy atom. The van der Waals surface area contributed by atoms with Crippen LogP contribution in [0.1, 0.15) is 50.5 Å². The summed E-state index contributed by atoms with van der Waals surface area (Å²) in [6, 6.07) is 7.86. The van der Waals surface area contributed by atoms with E-state index in [9.17, 15) is 4.79 Å². The van der Waals surface area contributed by atoms with E-state index < -0.39 is 0 Å². The van der Waals surface area contributed by atoms with E-state index in [2.05, 4.69) is 31.0 Å². The molecule has 0 aliphatic carbocycles. The summed E-state index contributed by atoms with van der Waals surface area (Å²) in [5.41, 5.74) is 1.86. The fourth-order valence-electron chi connectivity index (χ4n) is 3.24. The summed E-state index contributed by atoms with van der Waals surface area (Å²) < 4.78 is 0.251. The first-order valence-corrected chi connectivity index (χ1v) is 10.9. The van der Waals surface area contributed by atoms with E-state index in [0.717, 1.165) is 55.6 Å². The van der Waals surface area contributed by atoms with E-state index in [1.807, 2.05) is 54.8 Å². The Hall–Kier alpha value is -0.960.